The first-order valence-electron chi connectivity index (χ1n) is 9.19. The maximum absolute atomic E-state index is 13.1. The average molecular weight is 361 g/mol. The molecule has 1 amide bonds. The molecule has 0 saturated heterocycles. The van der Waals surface area contributed by atoms with E-state index in [0.29, 0.717) is 24.3 Å². The number of Topliss-reactive ketones (excluding diaryl/α,β-unsaturated/α-hetero) is 1. The van der Waals surface area contributed by atoms with Crippen molar-refractivity contribution in [2.24, 2.45) is 0 Å². The Hall–Kier alpha value is -3.08. The zero-order chi connectivity index (χ0) is 18.4. The molecular weight excluding hydrogens is 342 g/mol. The number of carbonyl (C=O) groups is 2. The maximum atomic E-state index is 13.1. The van der Waals surface area contributed by atoms with Crippen molar-refractivity contribution in [3.8, 4) is 11.5 Å². The van der Waals surface area contributed by atoms with Gasteiger partial charge in [0.25, 0.3) is 0 Å². The first-order valence-corrected chi connectivity index (χ1v) is 9.19. The van der Waals surface area contributed by atoms with E-state index in [1.165, 1.54) is 0 Å². The van der Waals surface area contributed by atoms with Gasteiger partial charge in [0.15, 0.2) is 17.3 Å². The van der Waals surface area contributed by atoms with Crippen LogP contribution >= 0.6 is 0 Å². The monoisotopic (exact) mass is 361 g/mol. The molecule has 0 aromatic heterocycles. The number of ether oxygens (including phenoxy) is 2. The van der Waals surface area contributed by atoms with Crippen LogP contribution < -0.4 is 14.8 Å². The molecule has 1 N–H and O–H groups in total. The van der Waals surface area contributed by atoms with Crippen LogP contribution in [0.3, 0.4) is 0 Å². The van der Waals surface area contributed by atoms with Crippen molar-refractivity contribution in [2.75, 3.05) is 6.79 Å². The van der Waals surface area contributed by atoms with Crippen molar-refractivity contribution in [1.29, 1.82) is 0 Å². The van der Waals surface area contributed by atoms with Gasteiger partial charge >= 0.3 is 0 Å². The Kier molecular flexibility index (Phi) is 3.74. The Balaban J connectivity index is 1.52. The van der Waals surface area contributed by atoms with E-state index < -0.39 is 0 Å². The number of benzene rings is 2. The predicted octanol–water partition coefficient (Wildman–Crippen LogP) is 3.42. The summed E-state index contributed by atoms with van der Waals surface area (Å²) in [5, 5.41) is 2.96. The van der Waals surface area contributed by atoms with Gasteiger partial charge in [-0.1, -0.05) is 36.4 Å². The fraction of sp³-hybridized carbons (Fsp3) is 0.273. The molecule has 1 aliphatic carbocycles. The lowest BCUT2D eigenvalue weighted by molar-refractivity contribution is -0.122. The normalized spacial score (nSPS) is 23.9. The Morgan fingerprint density at radius 3 is 2.52 bits per heavy atom. The summed E-state index contributed by atoms with van der Waals surface area (Å²) >= 11 is 0. The van der Waals surface area contributed by atoms with Gasteiger partial charge in [0, 0.05) is 30.0 Å². The van der Waals surface area contributed by atoms with Crippen LogP contribution in [0.2, 0.25) is 0 Å². The largest absolute Gasteiger partial charge is 0.454 e. The molecule has 0 saturated carbocycles. The Morgan fingerprint density at radius 1 is 0.852 bits per heavy atom. The summed E-state index contributed by atoms with van der Waals surface area (Å²) in [6.45, 7) is 0.204. The Morgan fingerprint density at radius 2 is 1.67 bits per heavy atom. The van der Waals surface area contributed by atoms with Crippen LogP contribution in [0.4, 0.5) is 0 Å². The van der Waals surface area contributed by atoms with Crippen LogP contribution in [0.1, 0.15) is 42.2 Å². The van der Waals surface area contributed by atoms with Crippen LogP contribution in [0.15, 0.2) is 59.8 Å². The van der Waals surface area contributed by atoms with E-state index in [2.05, 4.69) is 5.32 Å². The van der Waals surface area contributed by atoms with Crippen LogP contribution in [-0.2, 0) is 9.59 Å². The number of ketones is 1. The third-order valence-electron chi connectivity index (χ3n) is 5.61. The van der Waals surface area contributed by atoms with Gasteiger partial charge in [0.1, 0.15) is 0 Å². The van der Waals surface area contributed by atoms with E-state index in [1.54, 1.807) is 0 Å². The van der Waals surface area contributed by atoms with Crippen LogP contribution in [-0.4, -0.2) is 18.5 Å². The number of amides is 1. The standard InChI is InChI=1S/C22H19NO4/c24-18-9-15(13-4-2-1-3-5-13)8-17-22(18)16(11-21(25)23-17)14-6-7-19-20(10-14)27-12-26-19/h1-7,10,15-16H,8-9,11-12H2,(H,23,25)/t15-,16-/m0/s1. The topological polar surface area (TPSA) is 64.6 Å². The van der Waals surface area contributed by atoms with Crippen molar-refractivity contribution in [3.63, 3.8) is 0 Å². The molecule has 3 aliphatic rings. The van der Waals surface area contributed by atoms with Gasteiger partial charge < -0.3 is 14.8 Å². The highest BCUT2D eigenvalue weighted by atomic mass is 16.7. The molecule has 0 bridgehead atoms. The fourth-order valence-electron chi connectivity index (χ4n) is 4.34. The predicted molar refractivity (Wildman–Crippen MR) is 98.5 cm³/mol. The molecule has 2 atom stereocenters. The van der Waals surface area contributed by atoms with E-state index in [1.807, 2.05) is 48.5 Å². The highest BCUT2D eigenvalue weighted by Crippen LogP contribution is 2.44. The summed E-state index contributed by atoms with van der Waals surface area (Å²) in [7, 11) is 0. The lowest BCUT2D eigenvalue weighted by atomic mass is 9.73. The first-order chi connectivity index (χ1) is 13.2. The summed E-state index contributed by atoms with van der Waals surface area (Å²) in [6.07, 6.45) is 1.43. The smallest absolute Gasteiger partial charge is 0.231 e. The number of carbonyl (C=O) groups excluding carboxylic acids is 2. The Labute approximate surface area is 157 Å². The SMILES string of the molecule is O=C1C[C@@H](c2ccc3c(c2)OCO3)C2=C(C[C@H](c3ccccc3)CC2=O)N1. The zero-order valence-corrected chi connectivity index (χ0v) is 14.7. The number of hydrogen-bond donors (Lipinski definition) is 1. The minimum atomic E-state index is -0.229. The van der Waals surface area contributed by atoms with E-state index in [4.69, 9.17) is 9.47 Å². The van der Waals surface area contributed by atoms with Crippen molar-refractivity contribution in [2.45, 2.75) is 31.1 Å². The number of allylic oxidation sites excluding steroid dienone is 2. The number of fused-ring (bicyclic) bond motifs is 1. The highest BCUT2D eigenvalue weighted by Gasteiger charge is 2.38. The molecule has 2 heterocycles. The third kappa shape index (κ3) is 2.79. The van der Waals surface area contributed by atoms with Gasteiger partial charge in [-0.25, -0.2) is 0 Å². The molecule has 2 aromatic rings. The molecule has 5 nitrogen and oxygen atoms in total. The molecule has 0 spiro atoms. The third-order valence-corrected chi connectivity index (χ3v) is 5.61. The summed E-state index contributed by atoms with van der Waals surface area (Å²) in [5.41, 5.74) is 3.59. The second-order valence-corrected chi connectivity index (χ2v) is 7.25. The van der Waals surface area contributed by atoms with Gasteiger partial charge in [-0.05, 0) is 35.6 Å². The molecule has 0 fully saturated rings. The second-order valence-electron chi connectivity index (χ2n) is 7.25. The number of hydrogen-bond acceptors (Lipinski definition) is 4. The van der Waals surface area contributed by atoms with Crippen LogP contribution in [0.5, 0.6) is 11.5 Å². The van der Waals surface area contributed by atoms with Gasteiger partial charge in [-0.15, -0.1) is 0 Å². The van der Waals surface area contributed by atoms with Gasteiger partial charge in [-0.2, -0.15) is 0 Å². The van der Waals surface area contributed by atoms with Gasteiger partial charge in [0.2, 0.25) is 12.7 Å². The summed E-state index contributed by atoms with van der Waals surface area (Å²) in [6, 6.07) is 15.7. The minimum absolute atomic E-state index is 0.0436. The zero-order valence-electron chi connectivity index (χ0n) is 14.7. The van der Waals surface area contributed by atoms with Gasteiger partial charge in [0.05, 0.1) is 0 Å². The molecule has 136 valence electrons. The van der Waals surface area contributed by atoms with Crippen LogP contribution in [0.25, 0.3) is 0 Å². The van der Waals surface area contributed by atoms with Gasteiger partial charge in [-0.3, -0.25) is 9.59 Å². The van der Waals surface area contributed by atoms with Crippen molar-refractivity contribution in [3.05, 3.63) is 70.9 Å². The molecule has 5 rings (SSSR count). The van der Waals surface area contributed by atoms with Crippen molar-refractivity contribution >= 4 is 11.7 Å². The summed E-state index contributed by atoms with van der Waals surface area (Å²) in [5.74, 6) is 1.32. The molecule has 0 unspecified atom stereocenters. The highest BCUT2D eigenvalue weighted by molar-refractivity contribution is 6.02. The Bertz CT molecular complexity index is 964. The average Bonchev–Trinajstić information content (AvgIpc) is 3.15. The van der Waals surface area contributed by atoms with Crippen LogP contribution in [0, 0.1) is 0 Å². The van der Waals surface area contributed by atoms with Crippen molar-refractivity contribution < 1.29 is 19.1 Å². The summed E-state index contributed by atoms with van der Waals surface area (Å²) in [4.78, 5) is 25.4. The fourth-order valence-corrected chi connectivity index (χ4v) is 4.34. The molecular formula is C22H19NO4. The van der Waals surface area contributed by atoms with E-state index in [-0.39, 0.29) is 36.7 Å². The molecule has 27 heavy (non-hydrogen) atoms. The lowest BCUT2D eigenvalue weighted by Gasteiger charge is -2.34. The lowest BCUT2D eigenvalue weighted by Crippen LogP contribution is -2.38. The molecule has 0 radical (unpaired) electrons. The number of rotatable bonds is 2. The summed E-state index contributed by atoms with van der Waals surface area (Å²) < 4.78 is 10.8. The minimum Gasteiger partial charge on any atom is -0.454 e. The first kappa shape index (κ1) is 16.1. The molecule has 2 aliphatic heterocycles. The van der Waals surface area contributed by atoms with E-state index in [9.17, 15) is 9.59 Å². The maximum Gasteiger partial charge on any atom is 0.231 e. The molecule has 5 heteroatoms. The second kappa shape index (κ2) is 6.27. The van der Waals surface area contributed by atoms with E-state index in [0.717, 1.165) is 22.4 Å². The van der Waals surface area contributed by atoms with E-state index >= 15 is 0 Å². The number of nitrogens with one attached hydrogen (secondary N) is 1. The quantitative estimate of drug-likeness (QED) is 0.890. The van der Waals surface area contributed by atoms with Crippen molar-refractivity contribution in [1.82, 2.24) is 5.32 Å². The molecule has 2 aromatic carbocycles.